The molecule has 2 saturated heterocycles. The van der Waals surface area contributed by atoms with Gasteiger partial charge in [-0.15, -0.1) is 11.3 Å². The van der Waals surface area contributed by atoms with Crippen LogP contribution in [-0.4, -0.2) is 79.4 Å². The third-order valence-electron chi connectivity index (χ3n) is 5.72. The number of carbonyl (C=O) groups excluding carboxylic acids is 2. The molecule has 2 aromatic rings. The van der Waals surface area contributed by atoms with Crippen LogP contribution in [0.5, 0.6) is 0 Å². The molecule has 0 aliphatic carbocycles. The van der Waals surface area contributed by atoms with Crippen molar-refractivity contribution in [1.82, 2.24) is 14.7 Å². The highest BCUT2D eigenvalue weighted by Crippen LogP contribution is 2.34. The number of halogens is 1. The van der Waals surface area contributed by atoms with Gasteiger partial charge in [-0.05, 0) is 25.0 Å². The van der Waals surface area contributed by atoms with E-state index in [2.05, 4.69) is 4.90 Å². The van der Waals surface area contributed by atoms with E-state index in [1.807, 2.05) is 11.0 Å². The SMILES string of the molecule is COCc1c(C(=O)N2CCN(CC(=O)N3CCCC3)CC2)sc2cccc(F)c12. The number of ether oxygens (including phenoxy) is 1. The molecule has 0 atom stereocenters. The molecule has 2 amide bonds. The minimum Gasteiger partial charge on any atom is -0.380 e. The molecular weight excluding hydrogens is 393 g/mol. The van der Waals surface area contributed by atoms with Crippen LogP contribution in [0.25, 0.3) is 10.1 Å². The Balaban J connectivity index is 1.44. The Bertz CT molecular complexity index is 902. The van der Waals surface area contributed by atoms with Crippen molar-refractivity contribution in [2.75, 3.05) is 52.9 Å². The number of fused-ring (bicyclic) bond motifs is 1. The highest BCUT2D eigenvalue weighted by molar-refractivity contribution is 7.21. The predicted octanol–water partition coefficient (Wildman–Crippen LogP) is 2.57. The molecule has 2 aliphatic heterocycles. The summed E-state index contributed by atoms with van der Waals surface area (Å²) in [5, 5.41) is 0.484. The van der Waals surface area contributed by atoms with Crippen molar-refractivity contribution in [2.24, 2.45) is 0 Å². The second kappa shape index (κ2) is 8.77. The van der Waals surface area contributed by atoms with Gasteiger partial charge in [0, 0.05) is 62.0 Å². The molecular formula is C21H26FN3O3S. The van der Waals surface area contributed by atoms with E-state index in [4.69, 9.17) is 4.74 Å². The summed E-state index contributed by atoms with van der Waals surface area (Å²) in [5.41, 5.74) is 0.627. The average Bonchev–Trinajstić information content (AvgIpc) is 3.38. The summed E-state index contributed by atoms with van der Waals surface area (Å²) < 4.78 is 20.4. The number of benzene rings is 1. The molecule has 0 spiro atoms. The van der Waals surface area contributed by atoms with Gasteiger partial charge in [0.15, 0.2) is 0 Å². The highest BCUT2D eigenvalue weighted by Gasteiger charge is 2.29. The number of piperazine rings is 1. The van der Waals surface area contributed by atoms with Gasteiger partial charge in [-0.1, -0.05) is 6.07 Å². The van der Waals surface area contributed by atoms with Gasteiger partial charge in [-0.2, -0.15) is 0 Å². The van der Waals surface area contributed by atoms with Crippen LogP contribution in [0.2, 0.25) is 0 Å². The average molecular weight is 420 g/mol. The maximum absolute atomic E-state index is 14.4. The molecule has 0 unspecified atom stereocenters. The molecule has 1 aromatic heterocycles. The van der Waals surface area contributed by atoms with E-state index in [-0.39, 0.29) is 24.2 Å². The van der Waals surface area contributed by atoms with Gasteiger partial charge >= 0.3 is 0 Å². The molecule has 4 rings (SSSR count). The second-order valence-corrected chi connectivity index (χ2v) is 8.66. The van der Waals surface area contributed by atoms with Crippen molar-refractivity contribution < 1.29 is 18.7 Å². The molecule has 29 heavy (non-hydrogen) atoms. The van der Waals surface area contributed by atoms with Gasteiger partial charge in [0.2, 0.25) is 5.91 Å². The van der Waals surface area contributed by atoms with Crippen LogP contribution in [0.4, 0.5) is 4.39 Å². The van der Waals surface area contributed by atoms with E-state index in [1.165, 1.54) is 17.4 Å². The number of nitrogens with zero attached hydrogens (tertiary/aromatic N) is 3. The van der Waals surface area contributed by atoms with Crippen molar-refractivity contribution in [3.05, 3.63) is 34.5 Å². The molecule has 2 fully saturated rings. The van der Waals surface area contributed by atoms with Crippen molar-refractivity contribution in [3.63, 3.8) is 0 Å². The first-order valence-electron chi connectivity index (χ1n) is 10.1. The minimum atomic E-state index is -0.324. The summed E-state index contributed by atoms with van der Waals surface area (Å²) in [4.78, 5) is 31.9. The third-order valence-corrected chi connectivity index (χ3v) is 6.91. The number of carbonyl (C=O) groups is 2. The number of thiophene rings is 1. The maximum Gasteiger partial charge on any atom is 0.264 e. The molecule has 2 aliphatic rings. The van der Waals surface area contributed by atoms with Crippen LogP contribution in [0.15, 0.2) is 18.2 Å². The van der Waals surface area contributed by atoms with Gasteiger partial charge in [0.25, 0.3) is 5.91 Å². The van der Waals surface area contributed by atoms with Gasteiger partial charge in [0.05, 0.1) is 18.0 Å². The van der Waals surface area contributed by atoms with Crippen LogP contribution >= 0.6 is 11.3 Å². The van der Waals surface area contributed by atoms with E-state index >= 15 is 0 Å². The Kier molecular flexibility index (Phi) is 6.12. The lowest BCUT2D eigenvalue weighted by molar-refractivity contribution is -0.131. The van der Waals surface area contributed by atoms with Crippen LogP contribution in [0.1, 0.15) is 28.1 Å². The van der Waals surface area contributed by atoms with Gasteiger partial charge in [-0.25, -0.2) is 4.39 Å². The molecule has 0 radical (unpaired) electrons. The maximum atomic E-state index is 14.4. The Morgan fingerprint density at radius 3 is 2.48 bits per heavy atom. The standard InChI is InChI=1S/C21H26FN3O3S/c1-28-14-15-19-16(22)5-4-6-17(19)29-20(15)21(27)25-11-9-23(10-12-25)13-18(26)24-7-2-3-8-24/h4-6H,2-3,7-14H2,1H3. The van der Waals surface area contributed by atoms with Crippen molar-refractivity contribution in [2.45, 2.75) is 19.4 Å². The summed E-state index contributed by atoms with van der Waals surface area (Å²) in [5.74, 6) is -0.220. The Morgan fingerprint density at radius 2 is 1.79 bits per heavy atom. The monoisotopic (exact) mass is 419 g/mol. The van der Waals surface area contributed by atoms with E-state index in [1.54, 1.807) is 18.1 Å². The summed E-state index contributed by atoms with van der Waals surface area (Å²) in [6, 6.07) is 4.91. The van der Waals surface area contributed by atoms with Crippen LogP contribution < -0.4 is 0 Å². The quantitative estimate of drug-likeness (QED) is 0.748. The van der Waals surface area contributed by atoms with Crippen molar-refractivity contribution >= 4 is 33.2 Å². The number of hydrogen-bond acceptors (Lipinski definition) is 5. The molecule has 1 aromatic carbocycles. The van der Waals surface area contributed by atoms with E-state index in [0.717, 1.165) is 30.6 Å². The first kappa shape index (κ1) is 20.3. The molecule has 0 N–H and O–H groups in total. The van der Waals surface area contributed by atoms with Crippen molar-refractivity contribution in [3.8, 4) is 0 Å². The van der Waals surface area contributed by atoms with Gasteiger partial charge in [-0.3, -0.25) is 14.5 Å². The zero-order valence-corrected chi connectivity index (χ0v) is 17.5. The number of likely N-dealkylation sites (tertiary alicyclic amines) is 1. The normalized spacial score (nSPS) is 18.0. The second-order valence-electron chi connectivity index (χ2n) is 7.61. The van der Waals surface area contributed by atoms with E-state index < -0.39 is 0 Å². The molecule has 3 heterocycles. The van der Waals surface area contributed by atoms with E-state index in [0.29, 0.717) is 48.6 Å². The first-order chi connectivity index (χ1) is 14.1. The van der Waals surface area contributed by atoms with Crippen LogP contribution in [0, 0.1) is 5.82 Å². The minimum absolute atomic E-state index is 0.0804. The topological polar surface area (TPSA) is 53.1 Å². The summed E-state index contributed by atoms with van der Waals surface area (Å²) in [6.45, 7) is 4.82. The van der Waals surface area contributed by atoms with Gasteiger partial charge in [0.1, 0.15) is 5.82 Å². The molecule has 156 valence electrons. The Hall–Kier alpha value is -2.03. The largest absolute Gasteiger partial charge is 0.380 e. The van der Waals surface area contributed by atoms with Crippen LogP contribution in [-0.2, 0) is 16.1 Å². The molecule has 6 nitrogen and oxygen atoms in total. The number of hydrogen-bond donors (Lipinski definition) is 0. The number of rotatable bonds is 5. The Labute approximate surface area is 173 Å². The zero-order valence-electron chi connectivity index (χ0n) is 16.7. The number of methoxy groups -OCH3 is 1. The Morgan fingerprint density at radius 1 is 1.07 bits per heavy atom. The lowest BCUT2D eigenvalue weighted by Gasteiger charge is -2.35. The third kappa shape index (κ3) is 4.15. The van der Waals surface area contributed by atoms with Gasteiger partial charge < -0.3 is 14.5 Å². The predicted molar refractivity (Wildman–Crippen MR) is 111 cm³/mol. The lowest BCUT2D eigenvalue weighted by Crippen LogP contribution is -2.51. The summed E-state index contributed by atoms with van der Waals surface area (Å²) in [7, 11) is 1.55. The smallest absolute Gasteiger partial charge is 0.264 e. The lowest BCUT2D eigenvalue weighted by atomic mass is 10.1. The summed E-state index contributed by atoms with van der Waals surface area (Å²) >= 11 is 1.32. The molecule has 0 bridgehead atoms. The number of amides is 2. The fraction of sp³-hybridized carbons (Fsp3) is 0.524. The first-order valence-corrected chi connectivity index (χ1v) is 10.9. The molecule has 0 saturated carbocycles. The van der Waals surface area contributed by atoms with E-state index in [9.17, 15) is 14.0 Å². The fourth-order valence-electron chi connectivity index (χ4n) is 4.13. The van der Waals surface area contributed by atoms with Crippen LogP contribution in [0.3, 0.4) is 0 Å². The summed E-state index contributed by atoms with van der Waals surface area (Å²) in [6.07, 6.45) is 2.18. The highest BCUT2D eigenvalue weighted by atomic mass is 32.1. The fourth-order valence-corrected chi connectivity index (χ4v) is 5.32. The van der Waals surface area contributed by atoms with Crippen molar-refractivity contribution in [1.29, 1.82) is 0 Å². The molecule has 8 heteroatoms. The zero-order chi connectivity index (χ0) is 20.4.